The Labute approximate surface area is 127 Å². The van der Waals surface area contributed by atoms with Crippen molar-refractivity contribution in [2.75, 3.05) is 19.4 Å². The number of hydrogen-bond donors (Lipinski definition) is 1. The van der Waals surface area contributed by atoms with Crippen LogP contribution in [0.3, 0.4) is 0 Å². The fourth-order valence-electron chi connectivity index (χ4n) is 2.83. The zero-order valence-corrected chi connectivity index (χ0v) is 13.8. The number of nitrogens with one attached hydrogen (secondary N) is 1. The molecule has 0 bridgehead atoms. The molecule has 1 saturated heterocycles. The van der Waals surface area contributed by atoms with Gasteiger partial charge < -0.3 is 10.1 Å². The largest absolute Gasteiger partial charge is 0.378 e. The quantitative estimate of drug-likeness (QED) is 0.877. The molecule has 3 unspecified atom stereocenters. The standard InChI is InChI=1S/C16H25NO3S/c1-4-16-14(9-10-20-16)11-17-12(2)13-5-7-15(8-6-13)21(3,18)19/h5-8,12,14,16-17H,4,9-11H2,1-3H3. The van der Waals surface area contributed by atoms with Gasteiger partial charge in [-0.1, -0.05) is 19.1 Å². The Kier molecular flexibility index (Phi) is 5.41. The lowest BCUT2D eigenvalue weighted by atomic mass is 9.98. The van der Waals surface area contributed by atoms with Gasteiger partial charge in [-0.3, -0.25) is 0 Å². The number of rotatable bonds is 6. The monoisotopic (exact) mass is 311 g/mol. The lowest BCUT2D eigenvalue weighted by Gasteiger charge is -2.21. The first kappa shape index (κ1) is 16.5. The van der Waals surface area contributed by atoms with Gasteiger partial charge in [-0.2, -0.15) is 0 Å². The van der Waals surface area contributed by atoms with Crippen molar-refractivity contribution in [3.05, 3.63) is 29.8 Å². The smallest absolute Gasteiger partial charge is 0.175 e. The molecule has 1 heterocycles. The van der Waals surface area contributed by atoms with Crippen molar-refractivity contribution in [1.29, 1.82) is 0 Å². The van der Waals surface area contributed by atoms with Gasteiger partial charge in [0.25, 0.3) is 0 Å². The fourth-order valence-corrected chi connectivity index (χ4v) is 3.46. The molecule has 1 fully saturated rings. The minimum atomic E-state index is -3.12. The van der Waals surface area contributed by atoms with Crippen LogP contribution in [0.15, 0.2) is 29.2 Å². The Morgan fingerprint density at radius 2 is 2.00 bits per heavy atom. The van der Waals surface area contributed by atoms with E-state index < -0.39 is 9.84 Å². The summed E-state index contributed by atoms with van der Waals surface area (Å²) in [7, 11) is -3.12. The molecule has 1 aliphatic rings. The molecular formula is C16H25NO3S. The third-order valence-corrected chi connectivity index (χ3v) is 5.37. The van der Waals surface area contributed by atoms with Gasteiger partial charge in [0.1, 0.15) is 0 Å². The zero-order chi connectivity index (χ0) is 15.5. The Balaban J connectivity index is 1.93. The third-order valence-electron chi connectivity index (χ3n) is 4.24. The first-order chi connectivity index (χ1) is 9.91. The van der Waals surface area contributed by atoms with Crippen LogP contribution in [0.25, 0.3) is 0 Å². The van der Waals surface area contributed by atoms with Crippen molar-refractivity contribution in [2.45, 2.75) is 43.7 Å². The SMILES string of the molecule is CCC1OCCC1CNC(C)c1ccc(S(C)(=O)=O)cc1. The predicted octanol–water partition coefficient (Wildman–Crippen LogP) is 2.56. The molecule has 0 saturated carbocycles. The average molecular weight is 311 g/mol. The summed E-state index contributed by atoms with van der Waals surface area (Å²) in [6.45, 7) is 6.07. The molecule has 2 rings (SSSR count). The first-order valence-corrected chi connectivity index (χ1v) is 9.46. The van der Waals surface area contributed by atoms with E-state index in [-0.39, 0.29) is 6.04 Å². The van der Waals surface area contributed by atoms with E-state index in [2.05, 4.69) is 19.2 Å². The molecule has 0 aliphatic carbocycles. The summed E-state index contributed by atoms with van der Waals surface area (Å²) >= 11 is 0. The van der Waals surface area contributed by atoms with Crippen molar-refractivity contribution in [3.8, 4) is 0 Å². The van der Waals surface area contributed by atoms with E-state index in [0.29, 0.717) is 16.9 Å². The van der Waals surface area contributed by atoms with Crippen LogP contribution in [0.1, 0.15) is 38.3 Å². The highest BCUT2D eigenvalue weighted by atomic mass is 32.2. The highest BCUT2D eigenvalue weighted by Crippen LogP contribution is 2.24. The molecule has 0 radical (unpaired) electrons. The maximum absolute atomic E-state index is 11.5. The number of benzene rings is 1. The van der Waals surface area contributed by atoms with Gasteiger partial charge in [0, 0.05) is 25.4 Å². The van der Waals surface area contributed by atoms with Gasteiger partial charge in [0.2, 0.25) is 0 Å². The second-order valence-electron chi connectivity index (χ2n) is 5.84. The van der Waals surface area contributed by atoms with E-state index in [9.17, 15) is 8.42 Å². The van der Waals surface area contributed by atoms with Crippen molar-refractivity contribution in [3.63, 3.8) is 0 Å². The molecule has 1 aromatic rings. The van der Waals surface area contributed by atoms with Crippen LogP contribution in [-0.4, -0.2) is 33.9 Å². The minimum Gasteiger partial charge on any atom is -0.378 e. The number of hydrogen-bond acceptors (Lipinski definition) is 4. The molecule has 5 heteroatoms. The van der Waals surface area contributed by atoms with Crippen LogP contribution in [0.5, 0.6) is 0 Å². The van der Waals surface area contributed by atoms with Crippen LogP contribution in [0.2, 0.25) is 0 Å². The average Bonchev–Trinajstić information content (AvgIpc) is 2.91. The Morgan fingerprint density at radius 1 is 1.33 bits per heavy atom. The molecule has 1 aromatic carbocycles. The lowest BCUT2D eigenvalue weighted by molar-refractivity contribution is 0.0867. The molecular weight excluding hydrogens is 286 g/mol. The fraction of sp³-hybridized carbons (Fsp3) is 0.625. The molecule has 0 amide bonds. The van der Waals surface area contributed by atoms with E-state index in [4.69, 9.17) is 4.74 Å². The second-order valence-corrected chi connectivity index (χ2v) is 7.85. The highest BCUT2D eigenvalue weighted by Gasteiger charge is 2.26. The van der Waals surface area contributed by atoms with E-state index in [1.807, 2.05) is 12.1 Å². The summed E-state index contributed by atoms with van der Waals surface area (Å²) in [5, 5.41) is 3.53. The molecule has 1 N–H and O–H groups in total. The molecule has 4 nitrogen and oxygen atoms in total. The Morgan fingerprint density at radius 3 is 2.57 bits per heavy atom. The zero-order valence-electron chi connectivity index (χ0n) is 13.0. The summed E-state index contributed by atoms with van der Waals surface area (Å²) in [5.41, 5.74) is 1.11. The van der Waals surface area contributed by atoms with Gasteiger partial charge in [0.05, 0.1) is 11.0 Å². The summed E-state index contributed by atoms with van der Waals surface area (Å²) < 4.78 is 28.6. The minimum absolute atomic E-state index is 0.205. The summed E-state index contributed by atoms with van der Waals surface area (Å²) in [4.78, 5) is 0.369. The van der Waals surface area contributed by atoms with E-state index in [0.717, 1.165) is 31.6 Å². The van der Waals surface area contributed by atoms with Crippen LogP contribution in [0.4, 0.5) is 0 Å². The topological polar surface area (TPSA) is 55.4 Å². The van der Waals surface area contributed by atoms with E-state index >= 15 is 0 Å². The van der Waals surface area contributed by atoms with Crippen LogP contribution < -0.4 is 5.32 Å². The predicted molar refractivity (Wildman–Crippen MR) is 84.1 cm³/mol. The normalized spacial score (nSPS) is 24.1. The third kappa shape index (κ3) is 4.28. The number of sulfone groups is 1. The van der Waals surface area contributed by atoms with E-state index in [1.165, 1.54) is 6.26 Å². The Bertz CT molecular complexity index is 553. The van der Waals surface area contributed by atoms with Crippen LogP contribution in [-0.2, 0) is 14.6 Å². The summed E-state index contributed by atoms with van der Waals surface area (Å²) in [6, 6.07) is 7.33. The molecule has 118 valence electrons. The molecule has 1 aliphatic heterocycles. The molecule has 21 heavy (non-hydrogen) atoms. The first-order valence-electron chi connectivity index (χ1n) is 7.56. The van der Waals surface area contributed by atoms with E-state index in [1.54, 1.807) is 12.1 Å². The maximum Gasteiger partial charge on any atom is 0.175 e. The van der Waals surface area contributed by atoms with Gasteiger partial charge >= 0.3 is 0 Å². The van der Waals surface area contributed by atoms with Gasteiger partial charge in [-0.05, 0) is 43.4 Å². The summed E-state index contributed by atoms with van der Waals surface area (Å²) in [6.07, 6.45) is 3.78. The second kappa shape index (κ2) is 6.90. The van der Waals surface area contributed by atoms with Gasteiger partial charge in [0.15, 0.2) is 9.84 Å². The molecule has 3 atom stereocenters. The van der Waals surface area contributed by atoms with Gasteiger partial charge in [-0.15, -0.1) is 0 Å². The maximum atomic E-state index is 11.5. The van der Waals surface area contributed by atoms with Crippen molar-refractivity contribution in [1.82, 2.24) is 5.32 Å². The lowest BCUT2D eigenvalue weighted by Crippen LogP contribution is -2.30. The van der Waals surface area contributed by atoms with Crippen LogP contribution in [0, 0.1) is 5.92 Å². The van der Waals surface area contributed by atoms with Gasteiger partial charge in [-0.25, -0.2) is 8.42 Å². The van der Waals surface area contributed by atoms with Crippen molar-refractivity contribution < 1.29 is 13.2 Å². The summed E-state index contributed by atoms with van der Waals surface area (Å²) in [5.74, 6) is 0.577. The Hall–Kier alpha value is -0.910. The number of ether oxygens (including phenoxy) is 1. The van der Waals surface area contributed by atoms with Crippen LogP contribution >= 0.6 is 0 Å². The molecule has 0 spiro atoms. The van der Waals surface area contributed by atoms with Crippen molar-refractivity contribution in [2.24, 2.45) is 5.92 Å². The van der Waals surface area contributed by atoms with Crippen molar-refractivity contribution >= 4 is 9.84 Å². The molecule has 0 aromatic heterocycles. The highest BCUT2D eigenvalue weighted by molar-refractivity contribution is 7.90.